The van der Waals surface area contributed by atoms with Crippen LogP contribution in [-0.4, -0.2) is 49.3 Å². The number of aromatic hydroxyl groups is 2. The average Bonchev–Trinajstić information content (AvgIpc) is 3.29. The number of nitrogens with zero attached hydrogens (tertiary/aromatic N) is 3. The molecule has 4 aromatic rings. The SMILES string of the molecule is CC(C)N(CC(=O)Nc1nn(-c2ccccc2)cc1-c1ccccc1)C(=O)Cc1ccc(O)c(O)c1. The summed E-state index contributed by atoms with van der Waals surface area (Å²) in [5, 5.41) is 26.7. The Morgan fingerprint density at radius 3 is 2.25 bits per heavy atom. The van der Waals surface area contributed by atoms with E-state index in [1.165, 1.54) is 17.0 Å². The second-order valence-electron chi connectivity index (χ2n) is 8.70. The highest BCUT2D eigenvalue weighted by molar-refractivity contribution is 5.97. The number of amides is 2. The van der Waals surface area contributed by atoms with Crippen molar-refractivity contribution in [1.29, 1.82) is 0 Å². The Morgan fingerprint density at radius 2 is 1.61 bits per heavy atom. The van der Waals surface area contributed by atoms with Crippen molar-refractivity contribution in [3.05, 3.63) is 90.6 Å². The molecule has 0 saturated heterocycles. The monoisotopic (exact) mass is 484 g/mol. The lowest BCUT2D eigenvalue weighted by atomic mass is 10.1. The van der Waals surface area contributed by atoms with Crippen LogP contribution >= 0.6 is 0 Å². The molecular weight excluding hydrogens is 456 g/mol. The van der Waals surface area contributed by atoms with Gasteiger partial charge < -0.3 is 20.4 Å². The molecule has 1 heterocycles. The molecule has 0 atom stereocenters. The maximum atomic E-state index is 13.1. The van der Waals surface area contributed by atoms with Crippen LogP contribution < -0.4 is 5.32 Å². The van der Waals surface area contributed by atoms with Gasteiger partial charge in [0.2, 0.25) is 11.8 Å². The number of carbonyl (C=O) groups excluding carboxylic acids is 2. The molecule has 0 bridgehead atoms. The van der Waals surface area contributed by atoms with Crippen molar-refractivity contribution in [3.63, 3.8) is 0 Å². The average molecular weight is 485 g/mol. The van der Waals surface area contributed by atoms with E-state index >= 15 is 0 Å². The number of phenols is 2. The number of aromatic nitrogens is 2. The van der Waals surface area contributed by atoms with Crippen molar-refractivity contribution < 1.29 is 19.8 Å². The third kappa shape index (κ3) is 5.72. The fourth-order valence-electron chi connectivity index (χ4n) is 3.85. The van der Waals surface area contributed by atoms with Crippen LogP contribution in [-0.2, 0) is 16.0 Å². The van der Waals surface area contributed by atoms with E-state index in [0.717, 1.165) is 16.8 Å². The Balaban J connectivity index is 1.54. The number of hydrogen-bond donors (Lipinski definition) is 3. The van der Waals surface area contributed by atoms with Gasteiger partial charge in [-0.3, -0.25) is 9.59 Å². The van der Waals surface area contributed by atoms with Crippen molar-refractivity contribution in [1.82, 2.24) is 14.7 Å². The minimum Gasteiger partial charge on any atom is -0.504 e. The van der Waals surface area contributed by atoms with Crippen molar-refractivity contribution in [2.24, 2.45) is 0 Å². The molecule has 36 heavy (non-hydrogen) atoms. The van der Waals surface area contributed by atoms with E-state index in [0.29, 0.717) is 11.4 Å². The Hall–Kier alpha value is -4.59. The Morgan fingerprint density at radius 1 is 0.944 bits per heavy atom. The zero-order valence-electron chi connectivity index (χ0n) is 20.1. The van der Waals surface area contributed by atoms with Crippen LogP contribution in [0.4, 0.5) is 5.82 Å². The smallest absolute Gasteiger partial charge is 0.245 e. The van der Waals surface area contributed by atoms with E-state index in [-0.39, 0.29) is 42.3 Å². The summed E-state index contributed by atoms with van der Waals surface area (Å²) < 4.78 is 1.71. The Kier molecular flexibility index (Phi) is 7.34. The van der Waals surface area contributed by atoms with Gasteiger partial charge in [0.05, 0.1) is 12.1 Å². The summed E-state index contributed by atoms with van der Waals surface area (Å²) in [4.78, 5) is 27.6. The highest BCUT2D eigenvalue weighted by Gasteiger charge is 2.22. The van der Waals surface area contributed by atoms with E-state index in [9.17, 15) is 19.8 Å². The van der Waals surface area contributed by atoms with Crippen LogP contribution in [0.3, 0.4) is 0 Å². The molecule has 3 N–H and O–H groups in total. The van der Waals surface area contributed by atoms with Gasteiger partial charge in [-0.1, -0.05) is 54.6 Å². The lowest BCUT2D eigenvalue weighted by molar-refractivity contribution is -0.135. The molecule has 1 aromatic heterocycles. The van der Waals surface area contributed by atoms with Gasteiger partial charge >= 0.3 is 0 Å². The third-order valence-electron chi connectivity index (χ3n) is 5.73. The summed E-state index contributed by atoms with van der Waals surface area (Å²) in [6.07, 6.45) is 1.85. The van der Waals surface area contributed by atoms with E-state index in [4.69, 9.17) is 0 Å². The first-order valence-corrected chi connectivity index (χ1v) is 11.6. The van der Waals surface area contributed by atoms with Crippen LogP contribution in [0.2, 0.25) is 0 Å². The Labute approximate surface area is 209 Å². The maximum Gasteiger partial charge on any atom is 0.245 e. The molecule has 0 aliphatic heterocycles. The second kappa shape index (κ2) is 10.8. The summed E-state index contributed by atoms with van der Waals surface area (Å²) >= 11 is 0. The predicted octanol–water partition coefficient (Wildman–Crippen LogP) is 4.37. The summed E-state index contributed by atoms with van der Waals surface area (Å²) in [5.74, 6) is -0.800. The molecule has 0 saturated carbocycles. The minimum absolute atomic E-state index is 0.0167. The van der Waals surface area contributed by atoms with Crippen LogP contribution in [0.1, 0.15) is 19.4 Å². The number of phenolic OH excluding ortho intramolecular Hbond substituents is 2. The van der Waals surface area contributed by atoms with E-state index in [2.05, 4.69) is 10.4 Å². The van der Waals surface area contributed by atoms with Gasteiger partial charge in [-0.25, -0.2) is 4.68 Å². The zero-order valence-corrected chi connectivity index (χ0v) is 20.1. The zero-order chi connectivity index (χ0) is 25.7. The van der Waals surface area contributed by atoms with Crippen LogP contribution in [0.15, 0.2) is 85.1 Å². The number of carbonyl (C=O) groups is 2. The molecule has 0 radical (unpaired) electrons. The lowest BCUT2D eigenvalue weighted by Crippen LogP contribution is -2.43. The number of nitrogens with one attached hydrogen (secondary N) is 1. The standard InChI is InChI=1S/C28H28N4O4/c1-19(2)31(27(36)16-20-13-14-24(33)25(34)15-20)18-26(35)29-28-23(21-9-5-3-6-10-21)17-32(30-28)22-11-7-4-8-12-22/h3-15,17,19,33-34H,16,18H2,1-2H3,(H,29,30,35). The van der Waals surface area contributed by atoms with Gasteiger partial charge in [0.25, 0.3) is 0 Å². The van der Waals surface area contributed by atoms with E-state index < -0.39 is 0 Å². The minimum atomic E-state index is -0.374. The van der Waals surface area contributed by atoms with E-state index in [1.54, 1.807) is 10.7 Å². The van der Waals surface area contributed by atoms with E-state index in [1.807, 2.05) is 80.7 Å². The number of hydrogen-bond acceptors (Lipinski definition) is 5. The summed E-state index contributed by atoms with van der Waals surface area (Å²) in [5.41, 5.74) is 3.05. The molecule has 8 heteroatoms. The topological polar surface area (TPSA) is 108 Å². The van der Waals surface area contributed by atoms with Gasteiger partial charge in [-0.15, -0.1) is 5.10 Å². The molecule has 8 nitrogen and oxygen atoms in total. The quantitative estimate of drug-likeness (QED) is 0.322. The van der Waals surface area contributed by atoms with Crippen molar-refractivity contribution >= 4 is 17.6 Å². The first-order chi connectivity index (χ1) is 17.3. The van der Waals surface area contributed by atoms with Gasteiger partial charge in [0, 0.05) is 17.8 Å². The van der Waals surface area contributed by atoms with Gasteiger partial charge in [0.1, 0.15) is 6.54 Å². The first-order valence-electron chi connectivity index (χ1n) is 11.6. The fourth-order valence-corrected chi connectivity index (χ4v) is 3.85. The number of benzene rings is 3. The molecular formula is C28H28N4O4. The second-order valence-corrected chi connectivity index (χ2v) is 8.70. The van der Waals surface area contributed by atoms with Crippen molar-refractivity contribution in [2.45, 2.75) is 26.3 Å². The molecule has 4 rings (SSSR count). The van der Waals surface area contributed by atoms with Crippen molar-refractivity contribution in [3.8, 4) is 28.3 Å². The number of rotatable bonds is 8. The van der Waals surface area contributed by atoms with Crippen LogP contribution in [0.5, 0.6) is 11.5 Å². The summed E-state index contributed by atoms with van der Waals surface area (Å²) in [6, 6.07) is 23.2. The molecule has 0 unspecified atom stereocenters. The summed E-state index contributed by atoms with van der Waals surface area (Å²) in [7, 11) is 0. The third-order valence-corrected chi connectivity index (χ3v) is 5.73. The molecule has 3 aromatic carbocycles. The molecule has 0 aliphatic rings. The molecule has 0 spiro atoms. The predicted molar refractivity (Wildman–Crippen MR) is 138 cm³/mol. The van der Waals surface area contributed by atoms with Gasteiger partial charge in [-0.05, 0) is 49.2 Å². The molecule has 0 fully saturated rings. The number of anilines is 1. The summed E-state index contributed by atoms with van der Waals surface area (Å²) in [6.45, 7) is 3.50. The highest BCUT2D eigenvalue weighted by atomic mass is 16.3. The lowest BCUT2D eigenvalue weighted by Gasteiger charge is -2.26. The van der Waals surface area contributed by atoms with Gasteiger partial charge in [0.15, 0.2) is 17.3 Å². The molecule has 0 aliphatic carbocycles. The Bertz CT molecular complexity index is 1350. The number of para-hydroxylation sites is 1. The molecule has 2 amide bonds. The van der Waals surface area contributed by atoms with Gasteiger partial charge in [-0.2, -0.15) is 0 Å². The largest absolute Gasteiger partial charge is 0.504 e. The first kappa shape index (κ1) is 24.5. The normalized spacial score (nSPS) is 10.9. The maximum absolute atomic E-state index is 13.1. The van der Waals surface area contributed by atoms with Crippen molar-refractivity contribution in [2.75, 3.05) is 11.9 Å². The highest BCUT2D eigenvalue weighted by Crippen LogP contribution is 2.28. The van der Waals surface area contributed by atoms with Crippen LogP contribution in [0, 0.1) is 0 Å². The van der Waals surface area contributed by atoms with Crippen LogP contribution in [0.25, 0.3) is 16.8 Å². The molecule has 184 valence electrons. The fraction of sp³-hybridized carbons (Fsp3) is 0.179.